The molecule has 0 saturated carbocycles. The molecule has 6 nitrogen and oxygen atoms in total. The van der Waals surface area contributed by atoms with Gasteiger partial charge in [0.25, 0.3) is 0 Å². The predicted octanol–water partition coefficient (Wildman–Crippen LogP) is 1.64. The Kier molecular flexibility index (Phi) is 3.87. The summed E-state index contributed by atoms with van der Waals surface area (Å²) in [6, 6.07) is 0. The number of anilines is 1. The van der Waals surface area contributed by atoms with Crippen LogP contribution in [0.15, 0.2) is 14.9 Å². The van der Waals surface area contributed by atoms with E-state index in [2.05, 4.69) is 25.6 Å². The first-order valence-electron chi connectivity index (χ1n) is 5.02. The highest BCUT2D eigenvalue weighted by molar-refractivity contribution is 8.01. The molecule has 0 saturated heterocycles. The topological polar surface area (TPSA) is 89.6 Å². The molecule has 2 heterocycles. The number of nitrogens with two attached hydrogens (primary N) is 1. The number of nitrogens with one attached hydrogen (secondary N) is 1. The van der Waals surface area contributed by atoms with Gasteiger partial charge in [0.1, 0.15) is 22.2 Å². The van der Waals surface area contributed by atoms with Gasteiger partial charge in [0, 0.05) is 12.0 Å². The quantitative estimate of drug-likeness (QED) is 0.495. The molecule has 0 atom stereocenters. The Morgan fingerprint density at radius 2 is 2.29 bits per heavy atom. The Hall–Kier alpha value is -1.25. The second-order valence-electron chi connectivity index (χ2n) is 3.22. The van der Waals surface area contributed by atoms with Gasteiger partial charge >= 0.3 is 0 Å². The fraction of sp³-hybridized carbons (Fsp3) is 0.333. The number of rotatable bonds is 4. The molecule has 0 aliphatic heterocycles. The molecular weight excluding hydrogens is 256 g/mol. The smallest absolute Gasteiger partial charge is 0.180 e. The number of nitrogens with zero attached hydrogens (tertiary/aromatic N) is 4. The standard InChI is InChI=1S/C9H12N6S2/c1-3-6-12-7(14-10)5(2)8(13-6)17-9-15-11-4-16-9/h4H,3,10H2,1-2H3,(H,12,13,14). The van der Waals surface area contributed by atoms with Crippen LogP contribution < -0.4 is 11.3 Å². The Labute approximate surface area is 107 Å². The van der Waals surface area contributed by atoms with Crippen LogP contribution in [-0.2, 0) is 6.42 Å². The zero-order valence-electron chi connectivity index (χ0n) is 9.47. The van der Waals surface area contributed by atoms with Crippen molar-refractivity contribution in [2.24, 2.45) is 5.84 Å². The van der Waals surface area contributed by atoms with Gasteiger partial charge in [0.15, 0.2) is 4.34 Å². The average molecular weight is 268 g/mol. The van der Waals surface area contributed by atoms with Gasteiger partial charge in [0.05, 0.1) is 0 Å². The molecule has 0 aliphatic rings. The van der Waals surface area contributed by atoms with Crippen molar-refractivity contribution in [2.45, 2.75) is 29.6 Å². The van der Waals surface area contributed by atoms with E-state index in [1.54, 1.807) is 5.51 Å². The molecule has 2 aromatic rings. The predicted molar refractivity (Wildman–Crippen MR) is 68.0 cm³/mol. The van der Waals surface area contributed by atoms with Crippen molar-refractivity contribution >= 4 is 28.9 Å². The molecule has 3 N–H and O–H groups in total. The lowest BCUT2D eigenvalue weighted by Gasteiger charge is -2.09. The van der Waals surface area contributed by atoms with E-state index in [-0.39, 0.29) is 0 Å². The lowest BCUT2D eigenvalue weighted by atomic mass is 10.3. The first kappa shape index (κ1) is 12.2. The van der Waals surface area contributed by atoms with Crippen LogP contribution in [0.1, 0.15) is 18.3 Å². The number of aryl methyl sites for hydroxylation is 1. The second-order valence-corrected chi connectivity index (χ2v) is 5.29. The summed E-state index contributed by atoms with van der Waals surface area (Å²) in [6.07, 6.45) is 0.763. The van der Waals surface area contributed by atoms with Crippen LogP contribution in [0.2, 0.25) is 0 Å². The van der Waals surface area contributed by atoms with E-state index < -0.39 is 0 Å². The molecular formula is C9H12N6S2. The number of aromatic nitrogens is 4. The van der Waals surface area contributed by atoms with E-state index in [0.29, 0.717) is 5.82 Å². The van der Waals surface area contributed by atoms with E-state index in [1.807, 2.05) is 13.8 Å². The van der Waals surface area contributed by atoms with Gasteiger partial charge in [-0.1, -0.05) is 18.3 Å². The van der Waals surface area contributed by atoms with Gasteiger partial charge < -0.3 is 5.43 Å². The molecule has 0 unspecified atom stereocenters. The van der Waals surface area contributed by atoms with Crippen molar-refractivity contribution in [3.05, 3.63) is 16.9 Å². The van der Waals surface area contributed by atoms with Crippen LogP contribution in [0.25, 0.3) is 0 Å². The van der Waals surface area contributed by atoms with E-state index >= 15 is 0 Å². The summed E-state index contributed by atoms with van der Waals surface area (Å²) in [5.41, 5.74) is 5.21. The van der Waals surface area contributed by atoms with Gasteiger partial charge in [-0.25, -0.2) is 15.8 Å². The lowest BCUT2D eigenvalue weighted by molar-refractivity contribution is 0.870. The number of nitrogen functional groups attached to an aromatic ring is 1. The number of hydrogen-bond acceptors (Lipinski definition) is 8. The minimum absolute atomic E-state index is 0.656. The molecule has 0 spiro atoms. The highest BCUT2D eigenvalue weighted by Crippen LogP contribution is 2.31. The van der Waals surface area contributed by atoms with Crippen LogP contribution in [0.3, 0.4) is 0 Å². The maximum absolute atomic E-state index is 5.44. The maximum Gasteiger partial charge on any atom is 0.180 e. The van der Waals surface area contributed by atoms with Crippen molar-refractivity contribution in [2.75, 3.05) is 5.43 Å². The molecule has 2 rings (SSSR count). The van der Waals surface area contributed by atoms with Crippen molar-refractivity contribution in [3.63, 3.8) is 0 Å². The fourth-order valence-corrected chi connectivity index (χ4v) is 2.72. The van der Waals surface area contributed by atoms with E-state index in [1.165, 1.54) is 23.1 Å². The summed E-state index contributed by atoms with van der Waals surface area (Å²) in [6.45, 7) is 3.93. The fourth-order valence-electron chi connectivity index (χ4n) is 1.23. The van der Waals surface area contributed by atoms with E-state index in [4.69, 9.17) is 5.84 Å². The Balaban J connectivity index is 2.38. The molecule has 8 heteroatoms. The first-order chi connectivity index (χ1) is 8.24. The molecule has 0 aromatic carbocycles. The number of hydrazine groups is 1. The van der Waals surface area contributed by atoms with Crippen molar-refractivity contribution < 1.29 is 0 Å². The third-order valence-corrected chi connectivity index (χ3v) is 3.99. The van der Waals surface area contributed by atoms with E-state index in [0.717, 1.165) is 27.2 Å². The zero-order valence-corrected chi connectivity index (χ0v) is 11.1. The van der Waals surface area contributed by atoms with Crippen molar-refractivity contribution in [3.8, 4) is 0 Å². The Morgan fingerprint density at radius 1 is 1.47 bits per heavy atom. The normalized spacial score (nSPS) is 10.5. The molecule has 2 aromatic heterocycles. The monoisotopic (exact) mass is 268 g/mol. The second kappa shape index (κ2) is 5.39. The van der Waals surface area contributed by atoms with Gasteiger partial charge in [-0.05, 0) is 18.7 Å². The summed E-state index contributed by atoms with van der Waals surface area (Å²) < 4.78 is 0.858. The molecule has 0 aliphatic carbocycles. The van der Waals surface area contributed by atoms with E-state index in [9.17, 15) is 0 Å². The summed E-state index contributed by atoms with van der Waals surface area (Å²) in [7, 11) is 0. The van der Waals surface area contributed by atoms with Crippen LogP contribution in [0.4, 0.5) is 5.82 Å². The first-order valence-corrected chi connectivity index (χ1v) is 6.72. The Bertz CT molecular complexity index is 498. The van der Waals surface area contributed by atoms with Crippen molar-refractivity contribution in [1.82, 2.24) is 20.2 Å². The molecule has 90 valence electrons. The molecule has 0 amide bonds. The summed E-state index contributed by atoms with van der Waals surface area (Å²) in [5.74, 6) is 6.86. The highest BCUT2D eigenvalue weighted by atomic mass is 32.2. The third-order valence-electron chi connectivity index (χ3n) is 2.12. The molecule has 0 radical (unpaired) electrons. The van der Waals surface area contributed by atoms with Crippen LogP contribution in [0.5, 0.6) is 0 Å². The Morgan fingerprint density at radius 3 is 2.88 bits per heavy atom. The van der Waals surface area contributed by atoms with Gasteiger partial charge in [-0.15, -0.1) is 10.2 Å². The molecule has 0 fully saturated rings. The van der Waals surface area contributed by atoms with Gasteiger partial charge in [-0.3, -0.25) is 0 Å². The van der Waals surface area contributed by atoms with Crippen LogP contribution >= 0.6 is 23.1 Å². The SMILES string of the molecule is CCc1nc(NN)c(C)c(Sc2nncs2)n1. The maximum atomic E-state index is 5.44. The molecule has 17 heavy (non-hydrogen) atoms. The summed E-state index contributed by atoms with van der Waals surface area (Å²) in [4.78, 5) is 8.78. The zero-order chi connectivity index (χ0) is 12.3. The summed E-state index contributed by atoms with van der Waals surface area (Å²) in [5, 5.41) is 8.64. The van der Waals surface area contributed by atoms with Crippen LogP contribution in [-0.4, -0.2) is 20.2 Å². The third kappa shape index (κ3) is 2.71. The lowest BCUT2D eigenvalue weighted by Crippen LogP contribution is -2.13. The minimum atomic E-state index is 0.656. The number of hydrogen-bond donors (Lipinski definition) is 2. The highest BCUT2D eigenvalue weighted by Gasteiger charge is 2.12. The largest absolute Gasteiger partial charge is 0.308 e. The minimum Gasteiger partial charge on any atom is -0.308 e. The summed E-state index contributed by atoms with van der Waals surface area (Å²) >= 11 is 2.96. The van der Waals surface area contributed by atoms with Gasteiger partial charge in [0.2, 0.25) is 0 Å². The van der Waals surface area contributed by atoms with Gasteiger partial charge in [-0.2, -0.15) is 0 Å². The van der Waals surface area contributed by atoms with Crippen LogP contribution in [0, 0.1) is 6.92 Å². The average Bonchev–Trinajstić information content (AvgIpc) is 2.84. The van der Waals surface area contributed by atoms with Crippen molar-refractivity contribution in [1.29, 1.82) is 0 Å². The molecule has 0 bridgehead atoms.